The van der Waals surface area contributed by atoms with Gasteiger partial charge >= 0.3 is 0 Å². The predicted octanol–water partition coefficient (Wildman–Crippen LogP) is 4.05. The summed E-state index contributed by atoms with van der Waals surface area (Å²) in [6.07, 6.45) is 2.57. The highest BCUT2D eigenvalue weighted by Gasteiger charge is 2.23. The molecule has 0 saturated carbocycles. The molecule has 0 fully saturated rings. The molecule has 1 aliphatic heterocycles. The Morgan fingerprint density at radius 2 is 1.84 bits per heavy atom. The van der Waals surface area contributed by atoms with E-state index in [9.17, 15) is 4.79 Å². The van der Waals surface area contributed by atoms with Crippen molar-refractivity contribution in [1.82, 2.24) is 25.1 Å². The summed E-state index contributed by atoms with van der Waals surface area (Å²) >= 11 is 5.97. The van der Waals surface area contributed by atoms with Crippen molar-refractivity contribution in [3.8, 4) is 28.4 Å². The first-order valence-corrected chi connectivity index (χ1v) is 10.8. The van der Waals surface area contributed by atoms with Crippen molar-refractivity contribution in [3.63, 3.8) is 0 Å². The molecule has 162 valence electrons. The molecular formula is C24H22ClN5O2. The number of H-pyrrole nitrogens is 2. The number of hydrogen-bond donors (Lipinski definition) is 2. The summed E-state index contributed by atoms with van der Waals surface area (Å²) in [7, 11) is 1.65. The second-order valence-electron chi connectivity index (χ2n) is 7.81. The Balaban J connectivity index is 1.36. The Hall–Kier alpha value is -3.42. The van der Waals surface area contributed by atoms with E-state index < -0.39 is 0 Å². The van der Waals surface area contributed by atoms with Crippen molar-refractivity contribution >= 4 is 11.6 Å². The van der Waals surface area contributed by atoms with Gasteiger partial charge in [-0.15, -0.1) is 0 Å². The molecule has 2 N–H and O–H groups in total. The molecule has 5 rings (SSSR count). The van der Waals surface area contributed by atoms with Crippen molar-refractivity contribution in [2.24, 2.45) is 0 Å². The summed E-state index contributed by atoms with van der Waals surface area (Å²) in [6, 6.07) is 15.2. The van der Waals surface area contributed by atoms with Gasteiger partial charge in [-0.3, -0.25) is 14.8 Å². The molecule has 2 aromatic carbocycles. The van der Waals surface area contributed by atoms with Crippen molar-refractivity contribution in [2.45, 2.75) is 19.5 Å². The SMILES string of the molecule is COc1ccc(-c2[nH]ncc2CN2CCc3nc(-c4ccc(Cl)cc4)[nH]c(=O)c3C2)cc1. The van der Waals surface area contributed by atoms with Gasteiger partial charge in [-0.2, -0.15) is 5.10 Å². The van der Waals surface area contributed by atoms with Gasteiger partial charge in [-0.05, 0) is 48.5 Å². The number of fused-ring (bicyclic) bond motifs is 1. The summed E-state index contributed by atoms with van der Waals surface area (Å²) in [5.41, 5.74) is 5.44. The average molecular weight is 448 g/mol. The Labute approximate surface area is 190 Å². The fraction of sp³-hybridized carbons (Fsp3) is 0.208. The van der Waals surface area contributed by atoms with Crippen LogP contribution >= 0.6 is 11.6 Å². The minimum Gasteiger partial charge on any atom is -0.497 e. The van der Waals surface area contributed by atoms with Gasteiger partial charge in [0.25, 0.3) is 5.56 Å². The van der Waals surface area contributed by atoms with Crippen LogP contribution in [0, 0.1) is 0 Å². The van der Waals surface area contributed by atoms with Crippen LogP contribution in [-0.4, -0.2) is 38.7 Å². The first-order chi connectivity index (χ1) is 15.6. The first kappa shape index (κ1) is 20.5. The van der Waals surface area contributed by atoms with Crippen molar-refractivity contribution in [2.75, 3.05) is 13.7 Å². The van der Waals surface area contributed by atoms with Crippen molar-refractivity contribution in [1.29, 1.82) is 0 Å². The van der Waals surface area contributed by atoms with Crippen LogP contribution in [0.25, 0.3) is 22.6 Å². The van der Waals surface area contributed by atoms with Gasteiger partial charge in [-0.1, -0.05) is 11.6 Å². The maximum atomic E-state index is 12.8. The van der Waals surface area contributed by atoms with E-state index in [0.29, 0.717) is 23.9 Å². The lowest BCUT2D eigenvalue weighted by atomic mass is 10.0. The monoisotopic (exact) mass is 447 g/mol. The minimum absolute atomic E-state index is 0.0905. The van der Waals surface area contributed by atoms with Crippen LogP contribution in [0.15, 0.2) is 59.5 Å². The molecule has 0 saturated heterocycles. The van der Waals surface area contributed by atoms with Crippen molar-refractivity contribution < 1.29 is 4.74 Å². The van der Waals surface area contributed by atoms with Crippen LogP contribution in [0.3, 0.4) is 0 Å². The number of ether oxygens (including phenoxy) is 1. The second kappa shape index (κ2) is 8.61. The number of rotatable bonds is 5. The highest BCUT2D eigenvalue weighted by atomic mass is 35.5. The first-order valence-electron chi connectivity index (χ1n) is 10.4. The van der Waals surface area contributed by atoms with E-state index in [1.807, 2.05) is 42.6 Å². The zero-order valence-electron chi connectivity index (χ0n) is 17.6. The molecule has 0 spiro atoms. The van der Waals surface area contributed by atoms with E-state index in [1.165, 1.54) is 0 Å². The maximum Gasteiger partial charge on any atom is 0.255 e. The Morgan fingerprint density at radius 1 is 1.09 bits per heavy atom. The summed E-state index contributed by atoms with van der Waals surface area (Å²) in [5, 5.41) is 8.00. The summed E-state index contributed by atoms with van der Waals surface area (Å²) < 4.78 is 5.25. The molecule has 7 nitrogen and oxygen atoms in total. The molecule has 2 aromatic heterocycles. The Bertz CT molecular complexity index is 1300. The largest absolute Gasteiger partial charge is 0.497 e. The predicted molar refractivity (Wildman–Crippen MR) is 124 cm³/mol. The topological polar surface area (TPSA) is 86.9 Å². The molecule has 8 heteroatoms. The molecule has 0 bridgehead atoms. The molecule has 32 heavy (non-hydrogen) atoms. The lowest BCUT2D eigenvalue weighted by Gasteiger charge is -2.27. The van der Waals surface area contributed by atoms with E-state index >= 15 is 0 Å². The number of aromatic nitrogens is 4. The van der Waals surface area contributed by atoms with Crippen LogP contribution in [0.2, 0.25) is 5.02 Å². The van der Waals surface area contributed by atoms with Gasteiger partial charge < -0.3 is 9.72 Å². The molecule has 0 amide bonds. The third-order valence-corrected chi connectivity index (χ3v) is 6.01. The smallest absolute Gasteiger partial charge is 0.255 e. The zero-order chi connectivity index (χ0) is 22.1. The molecule has 4 aromatic rings. The normalized spacial score (nSPS) is 13.7. The van der Waals surface area contributed by atoms with Gasteiger partial charge in [0.15, 0.2) is 0 Å². The lowest BCUT2D eigenvalue weighted by Crippen LogP contribution is -2.35. The molecule has 0 radical (unpaired) electrons. The maximum absolute atomic E-state index is 12.8. The second-order valence-corrected chi connectivity index (χ2v) is 8.24. The van der Waals surface area contributed by atoms with E-state index in [2.05, 4.69) is 20.1 Å². The van der Waals surface area contributed by atoms with Crippen LogP contribution in [0.5, 0.6) is 5.75 Å². The molecule has 1 aliphatic rings. The summed E-state index contributed by atoms with van der Waals surface area (Å²) in [6.45, 7) is 2.05. The third-order valence-electron chi connectivity index (χ3n) is 5.76. The van der Waals surface area contributed by atoms with Gasteiger partial charge in [0, 0.05) is 47.8 Å². The third kappa shape index (κ3) is 4.04. The van der Waals surface area contributed by atoms with E-state index in [1.54, 1.807) is 19.2 Å². The molecule has 0 atom stereocenters. The minimum atomic E-state index is -0.0905. The van der Waals surface area contributed by atoms with Crippen LogP contribution in [0.1, 0.15) is 16.8 Å². The number of nitrogens with one attached hydrogen (secondary N) is 2. The van der Waals surface area contributed by atoms with Gasteiger partial charge in [0.1, 0.15) is 11.6 Å². The molecule has 0 unspecified atom stereocenters. The van der Waals surface area contributed by atoms with Gasteiger partial charge in [-0.25, -0.2) is 4.98 Å². The number of hydrogen-bond acceptors (Lipinski definition) is 5. The van der Waals surface area contributed by atoms with Gasteiger partial charge in [0.2, 0.25) is 0 Å². The fourth-order valence-electron chi connectivity index (χ4n) is 4.04. The van der Waals surface area contributed by atoms with Crippen LogP contribution in [0.4, 0.5) is 0 Å². The van der Waals surface area contributed by atoms with E-state index in [4.69, 9.17) is 21.3 Å². The van der Waals surface area contributed by atoms with E-state index in [-0.39, 0.29) is 5.56 Å². The summed E-state index contributed by atoms with van der Waals surface area (Å²) in [4.78, 5) is 22.8. The number of nitrogens with zero attached hydrogens (tertiary/aromatic N) is 3. The Morgan fingerprint density at radius 3 is 2.59 bits per heavy atom. The van der Waals surface area contributed by atoms with E-state index in [0.717, 1.165) is 52.4 Å². The highest BCUT2D eigenvalue weighted by Crippen LogP contribution is 2.26. The number of halogens is 1. The number of benzene rings is 2. The molecule has 0 aliphatic carbocycles. The highest BCUT2D eigenvalue weighted by molar-refractivity contribution is 6.30. The lowest BCUT2D eigenvalue weighted by molar-refractivity contribution is 0.242. The van der Waals surface area contributed by atoms with Crippen molar-refractivity contribution in [3.05, 3.63) is 86.9 Å². The fourth-order valence-corrected chi connectivity index (χ4v) is 4.17. The number of aromatic amines is 2. The van der Waals surface area contributed by atoms with Crippen LogP contribution in [-0.2, 0) is 19.5 Å². The average Bonchev–Trinajstić information content (AvgIpc) is 3.28. The molecular weight excluding hydrogens is 426 g/mol. The quantitative estimate of drug-likeness (QED) is 0.482. The molecule has 3 heterocycles. The number of methoxy groups -OCH3 is 1. The van der Waals surface area contributed by atoms with Crippen LogP contribution < -0.4 is 10.3 Å². The Kier molecular flexibility index (Phi) is 5.51. The zero-order valence-corrected chi connectivity index (χ0v) is 18.3. The standard InChI is InChI=1S/C24H22ClN5O2/c1-32-19-8-4-15(5-9-19)22-17(12-26-29-22)13-30-11-10-21-20(14-30)24(31)28-23(27-21)16-2-6-18(25)7-3-16/h2-9,12H,10-11,13-14H2,1H3,(H,26,29)(H,27,28,31). The van der Waals surface area contributed by atoms with Gasteiger partial charge in [0.05, 0.1) is 30.3 Å². The summed E-state index contributed by atoms with van der Waals surface area (Å²) in [5.74, 6) is 1.39.